The Labute approximate surface area is 134 Å². The fourth-order valence-electron chi connectivity index (χ4n) is 3.02. The van der Waals surface area contributed by atoms with Crippen molar-refractivity contribution in [2.24, 2.45) is 0 Å². The molecule has 0 bridgehead atoms. The number of benzene rings is 2. The summed E-state index contributed by atoms with van der Waals surface area (Å²) in [6, 6.07) is 16.1. The Bertz CT molecular complexity index is 976. The van der Waals surface area contributed by atoms with E-state index in [-0.39, 0.29) is 5.97 Å². The van der Waals surface area contributed by atoms with Crippen molar-refractivity contribution in [3.05, 3.63) is 71.8 Å². The van der Waals surface area contributed by atoms with E-state index in [2.05, 4.69) is 28.8 Å². The molecule has 3 aromatic rings. The summed E-state index contributed by atoms with van der Waals surface area (Å²) in [5, 5.41) is 1.02. The van der Waals surface area contributed by atoms with Crippen molar-refractivity contribution in [3.63, 3.8) is 0 Å². The van der Waals surface area contributed by atoms with Gasteiger partial charge in [-0.05, 0) is 35.9 Å². The Hall–Kier alpha value is -3.07. The van der Waals surface area contributed by atoms with Gasteiger partial charge in [-0.1, -0.05) is 36.4 Å². The van der Waals surface area contributed by atoms with Gasteiger partial charge in [0.1, 0.15) is 0 Å². The highest BCUT2D eigenvalue weighted by Gasteiger charge is 2.14. The lowest BCUT2D eigenvalue weighted by Crippen LogP contribution is -2.00. The first kappa shape index (κ1) is 13.6. The van der Waals surface area contributed by atoms with E-state index in [9.17, 15) is 4.79 Å². The van der Waals surface area contributed by atoms with Gasteiger partial charge in [0.2, 0.25) is 0 Å². The van der Waals surface area contributed by atoms with Crippen molar-refractivity contribution in [2.45, 2.75) is 0 Å². The zero-order valence-electron chi connectivity index (χ0n) is 12.7. The molecule has 2 heterocycles. The highest BCUT2D eigenvalue weighted by molar-refractivity contribution is 5.98. The van der Waals surface area contributed by atoms with E-state index < -0.39 is 0 Å². The van der Waals surface area contributed by atoms with E-state index in [1.807, 2.05) is 42.6 Å². The van der Waals surface area contributed by atoms with E-state index in [1.54, 1.807) is 6.07 Å². The molecule has 1 aromatic heterocycles. The molecule has 0 spiro atoms. The summed E-state index contributed by atoms with van der Waals surface area (Å²) in [7, 11) is 1.40. The number of hydrogen-bond donors (Lipinski definition) is 0. The molecule has 2 aromatic carbocycles. The monoisotopic (exact) mass is 301 g/mol. The van der Waals surface area contributed by atoms with Gasteiger partial charge in [0, 0.05) is 17.1 Å². The van der Waals surface area contributed by atoms with Crippen LogP contribution >= 0.6 is 0 Å². The summed E-state index contributed by atoms with van der Waals surface area (Å²) >= 11 is 0. The third-order valence-electron chi connectivity index (χ3n) is 4.12. The number of carbonyl (C=O) groups is 1. The van der Waals surface area contributed by atoms with Crippen LogP contribution in [0, 0.1) is 0 Å². The molecule has 3 nitrogen and oxygen atoms in total. The maximum atomic E-state index is 11.8. The predicted molar refractivity (Wildman–Crippen MR) is 93.1 cm³/mol. The maximum Gasteiger partial charge on any atom is 0.337 e. The zero-order chi connectivity index (χ0) is 15.8. The van der Waals surface area contributed by atoms with Crippen LogP contribution in [-0.4, -0.2) is 17.6 Å². The second-order valence-corrected chi connectivity index (χ2v) is 5.45. The molecule has 0 aliphatic carbocycles. The van der Waals surface area contributed by atoms with E-state index in [0.29, 0.717) is 5.56 Å². The van der Waals surface area contributed by atoms with E-state index in [0.717, 1.165) is 16.6 Å². The summed E-state index contributed by atoms with van der Waals surface area (Å²) in [6.07, 6.45) is 8.21. The molecule has 0 saturated carbocycles. The molecular formula is C20H15NO2. The van der Waals surface area contributed by atoms with Crippen molar-refractivity contribution < 1.29 is 9.53 Å². The molecule has 1 aliphatic rings. The van der Waals surface area contributed by atoms with Crippen molar-refractivity contribution in [1.29, 1.82) is 0 Å². The van der Waals surface area contributed by atoms with Crippen LogP contribution in [0.15, 0.2) is 60.7 Å². The Kier molecular flexibility index (Phi) is 3.12. The van der Waals surface area contributed by atoms with Gasteiger partial charge in [-0.15, -0.1) is 0 Å². The summed E-state index contributed by atoms with van der Waals surface area (Å²) < 4.78 is 6.97. The molecule has 0 saturated heterocycles. The van der Waals surface area contributed by atoms with E-state index in [1.165, 1.54) is 18.2 Å². The van der Waals surface area contributed by atoms with Crippen LogP contribution in [-0.2, 0) is 4.74 Å². The number of fused-ring (bicyclic) bond motifs is 5. The van der Waals surface area contributed by atoms with Crippen LogP contribution in [0.5, 0.6) is 0 Å². The van der Waals surface area contributed by atoms with Gasteiger partial charge < -0.3 is 9.30 Å². The first-order valence-electron chi connectivity index (χ1n) is 7.45. The first-order valence-corrected chi connectivity index (χ1v) is 7.45. The van der Waals surface area contributed by atoms with Crippen LogP contribution in [0.2, 0.25) is 0 Å². The number of allylic oxidation sites excluding steroid dienone is 2. The van der Waals surface area contributed by atoms with Gasteiger partial charge in [-0.25, -0.2) is 4.79 Å². The molecule has 112 valence electrons. The molecule has 23 heavy (non-hydrogen) atoms. The number of rotatable bonds is 1. The van der Waals surface area contributed by atoms with Gasteiger partial charge in [0.15, 0.2) is 0 Å². The number of carbonyl (C=O) groups excluding carboxylic acids is 1. The predicted octanol–water partition coefficient (Wildman–Crippen LogP) is 4.59. The lowest BCUT2D eigenvalue weighted by Gasteiger charge is -2.10. The Morgan fingerprint density at radius 3 is 2.78 bits per heavy atom. The first-order chi connectivity index (χ1) is 11.3. The summed E-state index contributed by atoms with van der Waals surface area (Å²) in [5.74, 6) is -0.317. The number of nitrogens with zero attached hydrogens (tertiary/aromatic N) is 1. The average Bonchev–Trinajstić information content (AvgIpc) is 2.93. The minimum absolute atomic E-state index is 0.317. The molecule has 0 unspecified atom stereocenters. The second-order valence-electron chi connectivity index (χ2n) is 5.45. The Morgan fingerprint density at radius 2 is 1.91 bits per heavy atom. The molecular weight excluding hydrogens is 286 g/mol. The summed E-state index contributed by atoms with van der Waals surface area (Å²) in [5.41, 5.74) is 5.08. The Balaban J connectivity index is 2.00. The SMILES string of the molecule is COC(=O)c1ccc2c(c1)cc1n2/C=C\C=C/c2ccccc2-1. The van der Waals surface area contributed by atoms with Gasteiger partial charge in [-0.2, -0.15) is 0 Å². The molecule has 0 amide bonds. The lowest BCUT2D eigenvalue weighted by molar-refractivity contribution is 0.0601. The number of hydrogen-bond acceptors (Lipinski definition) is 2. The zero-order valence-corrected chi connectivity index (χ0v) is 12.7. The normalized spacial score (nSPS) is 15.2. The van der Waals surface area contributed by atoms with Crippen molar-refractivity contribution >= 4 is 29.1 Å². The highest BCUT2D eigenvalue weighted by Crippen LogP contribution is 2.33. The van der Waals surface area contributed by atoms with Crippen molar-refractivity contribution in [3.8, 4) is 11.3 Å². The minimum Gasteiger partial charge on any atom is -0.465 e. The standard InChI is InChI=1S/C20H15NO2/c1-23-20(22)15-9-10-18-16(12-15)13-19-17-8-3-2-6-14(17)7-4-5-11-21(18)19/h2-13H,1H3/b7-4-,11-5-. The second kappa shape index (κ2) is 5.29. The van der Waals surface area contributed by atoms with Crippen molar-refractivity contribution in [2.75, 3.05) is 7.11 Å². The molecule has 0 radical (unpaired) electrons. The minimum atomic E-state index is -0.317. The summed E-state index contributed by atoms with van der Waals surface area (Å²) in [6.45, 7) is 0. The van der Waals surface area contributed by atoms with Gasteiger partial charge in [-0.3, -0.25) is 0 Å². The van der Waals surface area contributed by atoms with Crippen LogP contribution < -0.4 is 0 Å². The quantitative estimate of drug-likeness (QED) is 0.615. The van der Waals surface area contributed by atoms with Crippen LogP contribution in [0.4, 0.5) is 0 Å². The topological polar surface area (TPSA) is 31.2 Å². The van der Waals surface area contributed by atoms with Gasteiger partial charge >= 0.3 is 5.97 Å². The van der Waals surface area contributed by atoms with Crippen molar-refractivity contribution in [1.82, 2.24) is 4.57 Å². The lowest BCUT2D eigenvalue weighted by atomic mass is 10.0. The number of aromatic nitrogens is 1. The molecule has 1 aliphatic heterocycles. The number of esters is 1. The van der Waals surface area contributed by atoms with Crippen LogP contribution in [0.3, 0.4) is 0 Å². The number of methoxy groups -OCH3 is 1. The Morgan fingerprint density at radius 1 is 1.04 bits per heavy atom. The maximum absolute atomic E-state index is 11.8. The molecule has 4 rings (SSSR count). The fraction of sp³-hybridized carbons (Fsp3) is 0.0500. The van der Waals surface area contributed by atoms with Gasteiger partial charge in [0.05, 0.1) is 23.9 Å². The van der Waals surface area contributed by atoms with Crippen LogP contribution in [0.25, 0.3) is 34.4 Å². The number of ether oxygens (including phenoxy) is 1. The van der Waals surface area contributed by atoms with Crippen LogP contribution in [0.1, 0.15) is 15.9 Å². The average molecular weight is 301 g/mol. The molecule has 0 N–H and O–H groups in total. The molecule has 0 fully saturated rings. The molecule has 0 atom stereocenters. The molecule has 3 heteroatoms. The largest absolute Gasteiger partial charge is 0.465 e. The highest BCUT2D eigenvalue weighted by atomic mass is 16.5. The fourth-order valence-corrected chi connectivity index (χ4v) is 3.02. The smallest absolute Gasteiger partial charge is 0.337 e. The third-order valence-corrected chi connectivity index (χ3v) is 4.12. The van der Waals surface area contributed by atoms with E-state index >= 15 is 0 Å². The van der Waals surface area contributed by atoms with E-state index in [4.69, 9.17) is 4.74 Å². The van der Waals surface area contributed by atoms with Gasteiger partial charge in [0.25, 0.3) is 0 Å². The third kappa shape index (κ3) is 2.18. The summed E-state index contributed by atoms with van der Waals surface area (Å²) in [4.78, 5) is 11.8.